The zero-order chi connectivity index (χ0) is 20.2. The van der Waals surface area contributed by atoms with Crippen LogP contribution in [0.25, 0.3) is 0 Å². The van der Waals surface area contributed by atoms with Gasteiger partial charge in [0.2, 0.25) is 15.9 Å². The summed E-state index contributed by atoms with van der Waals surface area (Å²) in [6.07, 6.45) is 1.58. The Labute approximate surface area is 162 Å². The fourth-order valence-electron chi connectivity index (χ4n) is 3.41. The van der Waals surface area contributed by atoms with Crippen molar-refractivity contribution in [2.24, 2.45) is 0 Å². The predicted octanol–water partition coefficient (Wildman–Crippen LogP) is 3.65. The number of carbonyl (C=O) groups excluding carboxylic acids is 1. The number of carbonyl (C=O) groups is 1. The van der Waals surface area contributed by atoms with Gasteiger partial charge in [0.15, 0.2) is 0 Å². The number of hydrogen-bond acceptors (Lipinski definition) is 3. The molecule has 0 fully saturated rings. The quantitative estimate of drug-likeness (QED) is 0.760. The standard InChI is InChI=1S/C21H28N2O3S/c1-6-17-9-8-10-18(7-2)20(17)23-19(24)13-22-27(25,26)21-15(4)11-14(3)12-16(21)5/h8-12,22H,6-7,13H2,1-5H3,(H,23,24). The molecule has 0 bridgehead atoms. The van der Waals surface area contributed by atoms with Crippen LogP contribution >= 0.6 is 0 Å². The Bertz CT molecular complexity index is 905. The van der Waals surface area contributed by atoms with Crippen molar-refractivity contribution in [2.75, 3.05) is 11.9 Å². The number of para-hydroxylation sites is 1. The SMILES string of the molecule is CCc1cccc(CC)c1NC(=O)CNS(=O)(=O)c1c(C)cc(C)cc1C. The van der Waals surface area contributed by atoms with E-state index in [4.69, 9.17) is 0 Å². The van der Waals surface area contributed by atoms with E-state index >= 15 is 0 Å². The summed E-state index contributed by atoms with van der Waals surface area (Å²) in [4.78, 5) is 12.7. The van der Waals surface area contributed by atoms with Crippen molar-refractivity contribution in [3.8, 4) is 0 Å². The Kier molecular flexibility index (Phi) is 6.78. The van der Waals surface area contributed by atoms with Crippen LogP contribution in [0.1, 0.15) is 41.7 Å². The molecule has 146 valence electrons. The van der Waals surface area contributed by atoms with Crippen LogP contribution in [0.5, 0.6) is 0 Å². The Hall–Kier alpha value is -2.18. The van der Waals surface area contributed by atoms with Crippen LogP contribution in [-0.2, 0) is 27.7 Å². The lowest BCUT2D eigenvalue weighted by Gasteiger charge is -2.16. The lowest BCUT2D eigenvalue weighted by molar-refractivity contribution is -0.115. The minimum Gasteiger partial charge on any atom is -0.324 e. The summed E-state index contributed by atoms with van der Waals surface area (Å²) in [6, 6.07) is 9.56. The molecule has 0 aliphatic rings. The van der Waals surface area contributed by atoms with Crippen LogP contribution in [0, 0.1) is 20.8 Å². The van der Waals surface area contributed by atoms with Gasteiger partial charge < -0.3 is 5.32 Å². The molecule has 0 heterocycles. The first-order valence-electron chi connectivity index (χ1n) is 9.17. The Balaban J connectivity index is 2.17. The van der Waals surface area contributed by atoms with Crippen molar-refractivity contribution >= 4 is 21.6 Å². The summed E-state index contributed by atoms with van der Waals surface area (Å²) >= 11 is 0. The summed E-state index contributed by atoms with van der Waals surface area (Å²) in [5.74, 6) is -0.378. The van der Waals surface area contributed by atoms with Crippen molar-refractivity contribution in [3.63, 3.8) is 0 Å². The first-order chi connectivity index (χ1) is 12.7. The van der Waals surface area contributed by atoms with Crippen LogP contribution in [-0.4, -0.2) is 20.9 Å². The van der Waals surface area contributed by atoms with Crippen LogP contribution < -0.4 is 10.0 Å². The van der Waals surface area contributed by atoms with Gasteiger partial charge in [0.25, 0.3) is 0 Å². The monoisotopic (exact) mass is 388 g/mol. The Morgan fingerprint density at radius 2 is 1.48 bits per heavy atom. The molecule has 0 aliphatic carbocycles. The van der Waals surface area contributed by atoms with Gasteiger partial charge in [-0.25, -0.2) is 13.1 Å². The van der Waals surface area contributed by atoms with Crippen LogP contribution in [0.15, 0.2) is 35.2 Å². The molecule has 0 aromatic heterocycles. The highest BCUT2D eigenvalue weighted by molar-refractivity contribution is 7.89. The summed E-state index contributed by atoms with van der Waals surface area (Å²) in [6.45, 7) is 9.19. The van der Waals surface area contributed by atoms with Crippen LogP contribution in [0.4, 0.5) is 5.69 Å². The van der Waals surface area contributed by atoms with Gasteiger partial charge in [-0.05, 0) is 55.9 Å². The Morgan fingerprint density at radius 3 is 1.96 bits per heavy atom. The van der Waals surface area contributed by atoms with E-state index in [1.54, 1.807) is 13.8 Å². The second-order valence-electron chi connectivity index (χ2n) is 6.76. The molecule has 0 saturated carbocycles. The molecule has 2 aromatic carbocycles. The number of hydrogen-bond donors (Lipinski definition) is 2. The zero-order valence-electron chi connectivity index (χ0n) is 16.6. The van der Waals surface area contributed by atoms with E-state index in [1.165, 1.54) is 0 Å². The maximum Gasteiger partial charge on any atom is 0.241 e. The molecule has 2 N–H and O–H groups in total. The number of nitrogens with one attached hydrogen (secondary N) is 2. The fraction of sp³-hybridized carbons (Fsp3) is 0.381. The van der Waals surface area contributed by atoms with E-state index in [0.717, 1.165) is 35.2 Å². The van der Waals surface area contributed by atoms with Gasteiger partial charge in [-0.1, -0.05) is 49.7 Å². The summed E-state index contributed by atoms with van der Waals surface area (Å²) in [7, 11) is -3.77. The Morgan fingerprint density at radius 1 is 0.963 bits per heavy atom. The summed E-state index contributed by atoms with van der Waals surface area (Å²) in [5, 5.41) is 2.88. The van der Waals surface area contributed by atoms with Gasteiger partial charge >= 0.3 is 0 Å². The molecule has 1 amide bonds. The topological polar surface area (TPSA) is 75.3 Å². The van der Waals surface area contributed by atoms with Crippen molar-refractivity contribution < 1.29 is 13.2 Å². The molecule has 0 aliphatic heterocycles. The van der Waals surface area contributed by atoms with Gasteiger partial charge in [-0.2, -0.15) is 0 Å². The van der Waals surface area contributed by atoms with Crippen LogP contribution in [0.2, 0.25) is 0 Å². The second kappa shape index (κ2) is 8.67. The van der Waals surface area contributed by atoms with E-state index in [1.807, 2.05) is 51.1 Å². The van der Waals surface area contributed by atoms with Crippen molar-refractivity contribution in [1.82, 2.24) is 4.72 Å². The lowest BCUT2D eigenvalue weighted by Crippen LogP contribution is -2.34. The third-order valence-electron chi connectivity index (χ3n) is 4.56. The van der Waals surface area contributed by atoms with E-state index < -0.39 is 10.0 Å². The average Bonchev–Trinajstić information content (AvgIpc) is 2.59. The first kappa shape index (κ1) is 21.1. The molecule has 2 rings (SSSR count). The number of anilines is 1. The predicted molar refractivity (Wildman–Crippen MR) is 110 cm³/mol. The van der Waals surface area contributed by atoms with Gasteiger partial charge in [0, 0.05) is 5.69 Å². The number of aryl methyl sites for hydroxylation is 5. The van der Waals surface area contributed by atoms with E-state index in [-0.39, 0.29) is 17.3 Å². The zero-order valence-corrected chi connectivity index (χ0v) is 17.5. The molecule has 5 nitrogen and oxygen atoms in total. The average molecular weight is 389 g/mol. The number of amides is 1. The van der Waals surface area contributed by atoms with E-state index in [0.29, 0.717) is 11.1 Å². The van der Waals surface area contributed by atoms with Crippen LogP contribution in [0.3, 0.4) is 0 Å². The highest BCUT2D eigenvalue weighted by Gasteiger charge is 2.21. The van der Waals surface area contributed by atoms with Gasteiger partial charge in [-0.15, -0.1) is 0 Å². The van der Waals surface area contributed by atoms with Gasteiger partial charge in [-0.3, -0.25) is 4.79 Å². The van der Waals surface area contributed by atoms with E-state index in [2.05, 4.69) is 10.0 Å². The molecule has 0 unspecified atom stereocenters. The molecule has 0 atom stereocenters. The van der Waals surface area contributed by atoms with Gasteiger partial charge in [0.05, 0.1) is 11.4 Å². The third-order valence-corrected chi connectivity index (χ3v) is 6.27. The molecular weight excluding hydrogens is 360 g/mol. The molecular formula is C21H28N2O3S. The maximum absolute atomic E-state index is 12.7. The van der Waals surface area contributed by atoms with Crippen molar-refractivity contribution in [3.05, 3.63) is 58.1 Å². The minimum atomic E-state index is -3.77. The second-order valence-corrected chi connectivity index (χ2v) is 8.46. The summed E-state index contributed by atoms with van der Waals surface area (Å²) in [5.41, 5.74) is 5.21. The van der Waals surface area contributed by atoms with Gasteiger partial charge in [0.1, 0.15) is 0 Å². The largest absolute Gasteiger partial charge is 0.324 e. The number of rotatable bonds is 7. The molecule has 0 saturated heterocycles. The fourth-order valence-corrected chi connectivity index (χ4v) is 4.84. The minimum absolute atomic E-state index is 0.240. The molecule has 2 aromatic rings. The smallest absolute Gasteiger partial charge is 0.241 e. The molecule has 6 heteroatoms. The molecule has 0 spiro atoms. The first-order valence-corrected chi connectivity index (χ1v) is 10.7. The van der Waals surface area contributed by atoms with E-state index in [9.17, 15) is 13.2 Å². The normalized spacial score (nSPS) is 11.4. The van der Waals surface area contributed by atoms with Crippen molar-refractivity contribution in [2.45, 2.75) is 52.4 Å². The third kappa shape index (κ3) is 4.96. The molecule has 27 heavy (non-hydrogen) atoms. The highest BCUT2D eigenvalue weighted by Crippen LogP contribution is 2.23. The molecule has 0 radical (unpaired) electrons. The summed E-state index contributed by atoms with van der Waals surface area (Å²) < 4.78 is 27.8. The lowest BCUT2D eigenvalue weighted by atomic mass is 10.0. The van der Waals surface area contributed by atoms with Crippen molar-refractivity contribution in [1.29, 1.82) is 0 Å². The number of sulfonamides is 1. The maximum atomic E-state index is 12.7. The highest BCUT2D eigenvalue weighted by atomic mass is 32.2. The number of benzene rings is 2.